The second-order valence-corrected chi connectivity index (χ2v) is 4.93. The fraction of sp³-hybridized carbons (Fsp3) is 0.833. The van der Waals surface area contributed by atoms with Crippen molar-refractivity contribution in [3.63, 3.8) is 0 Å². The number of primary amides is 1. The maximum Gasteiger partial charge on any atom is 0.240 e. The van der Waals surface area contributed by atoms with E-state index in [2.05, 4.69) is 5.32 Å². The third-order valence-corrected chi connectivity index (χ3v) is 3.57. The molecule has 0 aromatic rings. The molecule has 2 saturated heterocycles. The normalized spacial score (nSPS) is 27.5. The van der Waals surface area contributed by atoms with Crippen LogP contribution in [0.3, 0.4) is 0 Å². The van der Waals surface area contributed by atoms with E-state index >= 15 is 0 Å². The van der Waals surface area contributed by atoms with Crippen LogP contribution in [0, 0.1) is 0 Å². The molecule has 2 rings (SSSR count). The zero-order valence-electron chi connectivity index (χ0n) is 11.0. The van der Waals surface area contributed by atoms with Crippen LogP contribution in [0.5, 0.6) is 0 Å². The lowest BCUT2D eigenvalue weighted by atomic mass is 10.0. The fourth-order valence-corrected chi connectivity index (χ4v) is 2.60. The van der Waals surface area contributed by atoms with E-state index in [0.29, 0.717) is 32.6 Å². The molecular formula is C12H22ClN3O3. The summed E-state index contributed by atoms with van der Waals surface area (Å²) in [6, 6.07) is -0.363. The Morgan fingerprint density at radius 3 is 2.79 bits per heavy atom. The highest BCUT2D eigenvalue weighted by Crippen LogP contribution is 2.18. The van der Waals surface area contributed by atoms with Crippen molar-refractivity contribution >= 4 is 24.2 Å². The Kier molecular flexibility index (Phi) is 6.54. The molecule has 0 radical (unpaired) electrons. The number of piperidine rings is 1. The van der Waals surface area contributed by atoms with Crippen LogP contribution in [-0.4, -0.2) is 55.1 Å². The number of likely N-dealkylation sites (tertiary alicyclic amines) is 1. The number of hydrogen-bond acceptors (Lipinski definition) is 4. The summed E-state index contributed by atoms with van der Waals surface area (Å²) in [6.07, 6.45) is 2.98. The number of halogens is 1. The summed E-state index contributed by atoms with van der Waals surface area (Å²) in [6.45, 7) is 2.66. The number of nitrogens with two attached hydrogens (primary N) is 1. The second kappa shape index (κ2) is 7.67. The van der Waals surface area contributed by atoms with Crippen molar-refractivity contribution in [2.24, 2.45) is 5.73 Å². The lowest BCUT2D eigenvalue weighted by molar-refractivity contribution is -0.142. The number of nitrogens with one attached hydrogen (secondary N) is 1. The van der Waals surface area contributed by atoms with Crippen LogP contribution < -0.4 is 11.1 Å². The predicted molar refractivity (Wildman–Crippen MR) is 73.0 cm³/mol. The molecule has 0 aliphatic carbocycles. The highest BCUT2D eigenvalue weighted by atomic mass is 35.5. The van der Waals surface area contributed by atoms with Crippen LogP contribution in [0.2, 0.25) is 0 Å². The average molecular weight is 292 g/mol. The second-order valence-electron chi connectivity index (χ2n) is 4.93. The van der Waals surface area contributed by atoms with Crippen LogP contribution in [-0.2, 0) is 14.3 Å². The van der Waals surface area contributed by atoms with Crippen molar-refractivity contribution in [1.29, 1.82) is 0 Å². The Hall–Kier alpha value is -0.850. The van der Waals surface area contributed by atoms with Crippen molar-refractivity contribution in [2.45, 2.75) is 37.8 Å². The van der Waals surface area contributed by atoms with Gasteiger partial charge in [-0.2, -0.15) is 0 Å². The number of ether oxygens (including phenoxy) is 1. The summed E-state index contributed by atoms with van der Waals surface area (Å²) < 4.78 is 5.32. The van der Waals surface area contributed by atoms with Crippen LogP contribution in [0.25, 0.3) is 0 Å². The Labute approximate surface area is 119 Å². The molecule has 0 bridgehead atoms. The number of carbonyl (C=O) groups is 2. The van der Waals surface area contributed by atoms with Gasteiger partial charge < -0.3 is 20.7 Å². The molecule has 6 nitrogen and oxygen atoms in total. The summed E-state index contributed by atoms with van der Waals surface area (Å²) in [5.74, 6) is -0.391. The Morgan fingerprint density at radius 1 is 1.37 bits per heavy atom. The molecule has 0 aromatic carbocycles. The quantitative estimate of drug-likeness (QED) is 0.745. The first-order valence-electron chi connectivity index (χ1n) is 6.58. The molecule has 2 amide bonds. The third kappa shape index (κ3) is 4.33. The van der Waals surface area contributed by atoms with Gasteiger partial charge in [0.2, 0.25) is 11.8 Å². The standard InChI is InChI=1S/C12H21N3O3.ClH/c13-12(17)10-3-1-2-5-15(10)11(16)7-9-8-18-6-4-14-9;/h9-10,14H,1-8H2,(H2,13,17);1H. The zero-order chi connectivity index (χ0) is 13.0. The minimum absolute atomic E-state index is 0. The number of hydrogen-bond donors (Lipinski definition) is 2. The monoisotopic (exact) mass is 291 g/mol. The van der Waals surface area contributed by atoms with Gasteiger partial charge in [-0.1, -0.05) is 0 Å². The van der Waals surface area contributed by atoms with E-state index in [1.54, 1.807) is 4.90 Å². The van der Waals surface area contributed by atoms with E-state index in [4.69, 9.17) is 10.5 Å². The third-order valence-electron chi connectivity index (χ3n) is 3.57. The van der Waals surface area contributed by atoms with Gasteiger partial charge in [0.05, 0.1) is 13.2 Å². The van der Waals surface area contributed by atoms with E-state index in [0.717, 1.165) is 19.4 Å². The molecule has 3 N–H and O–H groups in total. The van der Waals surface area contributed by atoms with Gasteiger partial charge in [-0.3, -0.25) is 9.59 Å². The van der Waals surface area contributed by atoms with E-state index in [1.807, 2.05) is 0 Å². The molecule has 19 heavy (non-hydrogen) atoms. The van der Waals surface area contributed by atoms with Crippen molar-refractivity contribution < 1.29 is 14.3 Å². The number of nitrogens with zero attached hydrogens (tertiary/aromatic N) is 1. The van der Waals surface area contributed by atoms with Gasteiger partial charge in [-0.05, 0) is 19.3 Å². The van der Waals surface area contributed by atoms with Gasteiger partial charge >= 0.3 is 0 Å². The first-order chi connectivity index (χ1) is 8.68. The summed E-state index contributed by atoms with van der Waals surface area (Å²) >= 11 is 0. The summed E-state index contributed by atoms with van der Waals surface area (Å²) in [5.41, 5.74) is 5.36. The number of rotatable bonds is 3. The lowest BCUT2D eigenvalue weighted by Crippen LogP contribution is -2.52. The smallest absolute Gasteiger partial charge is 0.240 e. The van der Waals surface area contributed by atoms with Gasteiger partial charge in [0.25, 0.3) is 0 Å². The molecule has 2 unspecified atom stereocenters. The van der Waals surface area contributed by atoms with E-state index in [1.165, 1.54) is 0 Å². The first-order valence-corrected chi connectivity index (χ1v) is 6.58. The van der Waals surface area contributed by atoms with E-state index in [-0.39, 0.29) is 24.4 Å². The molecular weight excluding hydrogens is 270 g/mol. The Bertz CT molecular complexity index is 321. The largest absolute Gasteiger partial charge is 0.378 e. The topological polar surface area (TPSA) is 84.7 Å². The van der Waals surface area contributed by atoms with E-state index in [9.17, 15) is 9.59 Å². The number of amides is 2. The molecule has 7 heteroatoms. The maximum atomic E-state index is 12.2. The van der Waals surface area contributed by atoms with Gasteiger partial charge in [-0.15, -0.1) is 12.4 Å². The SMILES string of the molecule is Cl.NC(=O)C1CCCCN1C(=O)CC1COCCN1. The molecule has 2 fully saturated rings. The molecule has 0 spiro atoms. The van der Waals surface area contributed by atoms with Crippen LogP contribution >= 0.6 is 12.4 Å². The van der Waals surface area contributed by atoms with Gasteiger partial charge in [0, 0.05) is 25.6 Å². The molecule has 2 heterocycles. The number of morpholine rings is 1. The van der Waals surface area contributed by atoms with Gasteiger partial charge in [0.15, 0.2) is 0 Å². The molecule has 110 valence electrons. The Morgan fingerprint density at radius 2 is 2.16 bits per heavy atom. The van der Waals surface area contributed by atoms with E-state index < -0.39 is 11.9 Å². The predicted octanol–water partition coefficient (Wildman–Crippen LogP) is -0.347. The molecule has 2 aliphatic heterocycles. The van der Waals surface area contributed by atoms with Crippen molar-refractivity contribution in [3.05, 3.63) is 0 Å². The van der Waals surface area contributed by atoms with Crippen LogP contribution in [0.15, 0.2) is 0 Å². The minimum Gasteiger partial charge on any atom is -0.378 e. The average Bonchev–Trinajstić information content (AvgIpc) is 2.40. The lowest BCUT2D eigenvalue weighted by Gasteiger charge is -2.35. The summed E-state index contributed by atoms with van der Waals surface area (Å²) in [4.78, 5) is 25.2. The molecule has 2 aliphatic rings. The van der Waals surface area contributed by atoms with Crippen molar-refractivity contribution in [1.82, 2.24) is 10.2 Å². The van der Waals surface area contributed by atoms with Crippen LogP contribution in [0.4, 0.5) is 0 Å². The van der Waals surface area contributed by atoms with Crippen molar-refractivity contribution in [2.75, 3.05) is 26.3 Å². The summed E-state index contributed by atoms with van der Waals surface area (Å²) in [5, 5.41) is 3.24. The van der Waals surface area contributed by atoms with Gasteiger partial charge in [-0.25, -0.2) is 0 Å². The van der Waals surface area contributed by atoms with Crippen molar-refractivity contribution in [3.8, 4) is 0 Å². The highest BCUT2D eigenvalue weighted by Gasteiger charge is 2.31. The minimum atomic E-state index is -0.421. The van der Waals surface area contributed by atoms with Gasteiger partial charge in [0.1, 0.15) is 6.04 Å². The highest BCUT2D eigenvalue weighted by molar-refractivity contribution is 5.87. The first kappa shape index (κ1) is 16.2. The molecule has 2 atom stereocenters. The zero-order valence-corrected chi connectivity index (χ0v) is 11.8. The van der Waals surface area contributed by atoms with Crippen LogP contribution in [0.1, 0.15) is 25.7 Å². The fourth-order valence-electron chi connectivity index (χ4n) is 2.60. The number of carbonyl (C=O) groups excluding carboxylic acids is 2. The Balaban J connectivity index is 0.00000180. The molecule has 0 saturated carbocycles. The molecule has 0 aromatic heterocycles. The summed E-state index contributed by atoms with van der Waals surface area (Å²) in [7, 11) is 0. The maximum absolute atomic E-state index is 12.2.